The number of piperidine rings is 1. The summed E-state index contributed by atoms with van der Waals surface area (Å²) in [5.41, 5.74) is 0. The third-order valence-corrected chi connectivity index (χ3v) is 4.76. The van der Waals surface area contributed by atoms with Gasteiger partial charge in [0.1, 0.15) is 6.10 Å². The predicted octanol–water partition coefficient (Wildman–Crippen LogP) is 2.63. The molecular weight excluding hydrogens is 274 g/mol. The van der Waals surface area contributed by atoms with Crippen LogP contribution < -0.4 is 14.8 Å². The second-order valence-corrected chi connectivity index (χ2v) is 6.25. The maximum atomic E-state index is 6.06. The quantitative estimate of drug-likeness (QED) is 0.748. The second kappa shape index (κ2) is 6.72. The minimum Gasteiger partial charge on any atom is -0.473 e. The van der Waals surface area contributed by atoms with E-state index in [2.05, 4.69) is 21.0 Å². The Kier molecular flexibility index (Phi) is 4.73. The second-order valence-electron chi connectivity index (χ2n) is 5.72. The molecule has 20 heavy (non-hydrogen) atoms. The lowest BCUT2D eigenvalue weighted by Crippen LogP contribution is -2.31. The molecule has 1 saturated carbocycles. The molecule has 2 heterocycles. The summed E-state index contributed by atoms with van der Waals surface area (Å²) in [4.78, 5) is 0. The van der Waals surface area contributed by atoms with Gasteiger partial charge >= 0.3 is 0 Å². The molecule has 1 aliphatic carbocycles. The summed E-state index contributed by atoms with van der Waals surface area (Å²) in [6, 6.07) is 0.485. The Morgan fingerprint density at radius 3 is 2.80 bits per heavy atom. The molecule has 1 aliphatic heterocycles. The van der Waals surface area contributed by atoms with Crippen molar-refractivity contribution in [3.63, 3.8) is 0 Å². The van der Waals surface area contributed by atoms with Gasteiger partial charge in [-0.2, -0.15) is 0 Å². The molecule has 5 nitrogen and oxygen atoms in total. The standard InChI is InChI=1S/C14H23N3O2S/c1-2-3-4-5-8-18-13-14(17-20-16-13)19-12-10-6-7-11(12)15-9-10/h10-12,15H,2-9H2,1H3. The Bertz CT molecular complexity index is 406. The highest BCUT2D eigenvalue weighted by molar-refractivity contribution is 6.99. The third kappa shape index (κ3) is 3.06. The zero-order valence-corrected chi connectivity index (χ0v) is 12.8. The molecule has 2 aliphatic rings. The summed E-state index contributed by atoms with van der Waals surface area (Å²) in [5.74, 6) is 1.80. The van der Waals surface area contributed by atoms with Crippen LogP contribution >= 0.6 is 11.7 Å². The SMILES string of the molecule is CCCCCCOc1nsnc1OC1C2CCC1NC2. The minimum atomic E-state index is 0.251. The van der Waals surface area contributed by atoms with Crippen LogP contribution in [0, 0.1) is 5.92 Å². The molecule has 0 aromatic carbocycles. The van der Waals surface area contributed by atoms with Gasteiger partial charge in [-0.25, -0.2) is 0 Å². The van der Waals surface area contributed by atoms with Crippen LogP contribution in [0.2, 0.25) is 0 Å². The van der Waals surface area contributed by atoms with Crippen molar-refractivity contribution in [3.8, 4) is 11.8 Å². The Morgan fingerprint density at radius 1 is 1.20 bits per heavy atom. The highest BCUT2D eigenvalue weighted by Crippen LogP contribution is 2.36. The van der Waals surface area contributed by atoms with Crippen molar-refractivity contribution in [1.82, 2.24) is 14.1 Å². The van der Waals surface area contributed by atoms with E-state index in [0.29, 0.717) is 30.3 Å². The number of unbranched alkanes of at least 4 members (excludes halogenated alkanes) is 3. The topological polar surface area (TPSA) is 56.3 Å². The first-order valence-electron chi connectivity index (χ1n) is 7.74. The van der Waals surface area contributed by atoms with Crippen LogP contribution in [0.5, 0.6) is 11.8 Å². The molecule has 2 bridgehead atoms. The van der Waals surface area contributed by atoms with Crippen molar-refractivity contribution in [2.45, 2.75) is 57.6 Å². The van der Waals surface area contributed by atoms with Gasteiger partial charge in [-0.1, -0.05) is 26.2 Å². The summed E-state index contributed by atoms with van der Waals surface area (Å²) >= 11 is 1.17. The predicted molar refractivity (Wildman–Crippen MR) is 78.5 cm³/mol. The van der Waals surface area contributed by atoms with Gasteiger partial charge in [0.2, 0.25) is 0 Å². The van der Waals surface area contributed by atoms with Crippen LogP contribution in [0.25, 0.3) is 0 Å². The first-order chi connectivity index (χ1) is 9.88. The van der Waals surface area contributed by atoms with Crippen molar-refractivity contribution in [1.29, 1.82) is 0 Å². The average Bonchev–Trinajstić information content (AvgIpc) is 3.17. The molecule has 3 atom stereocenters. The number of ether oxygens (including phenoxy) is 2. The first kappa shape index (κ1) is 14.1. The van der Waals surface area contributed by atoms with E-state index >= 15 is 0 Å². The normalized spacial score (nSPS) is 27.9. The van der Waals surface area contributed by atoms with E-state index in [1.807, 2.05) is 0 Å². The highest BCUT2D eigenvalue weighted by Gasteiger charge is 2.44. The van der Waals surface area contributed by atoms with E-state index in [0.717, 1.165) is 13.0 Å². The van der Waals surface area contributed by atoms with Gasteiger partial charge in [0.05, 0.1) is 18.3 Å². The lowest BCUT2D eigenvalue weighted by Gasteiger charge is -2.16. The zero-order chi connectivity index (χ0) is 13.8. The van der Waals surface area contributed by atoms with Crippen molar-refractivity contribution in [2.75, 3.05) is 13.2 Å². The molecule has 1 N–H and O–H groups in total. The van der Waals surface area contributed by atoms with Crippen LogP contribution in [0.3, 0.4) is 0 Å². The van der Waals surface area contributed by atoms with Gasteiger partial charge in [0.15, 0.2) is 0 Å². The van der Waals surface area contributed by atoms with Crippen LogP contribution in [-0.4, -0.2) is 34.0 Å². The Morgan fingerprint density at radius 2 is 2.10 bits per heavy atom. The highest BCUT2D eigenvalue weighted by atomic mass is 32.1. The molecule has 3 rings (SSSR count). The van der Waals surface area contributed by atoms with Gasteiger partial charge in [-0.3, -0.25) is 0 Å². The Hall–Kier alpha value is -0.880. The Labute approximate surface area is 124 Å². The number of hydrogen-bond donors (Lipinski definition) is 1. The average molecular weight is 297 g/mol. The van der Waals surface area contributed by atoms with Crippen LogP contribution in [0.15, 0.2) is 0 Å². The molecular formula is C14H23N3O2S. The fourth-order valence-corrected chi connectivity index (χ4v) is 3.57. The van der Waals surface area contributed by atoms with Gasteiger partial charge in [0, 0.05) is 18.5 Å². The number of hydrogen-bond acceptors (Lipinski definition) is 6. The van der Waals surface area contributed by atoms with Crippen LogP contribution in [-0.2, 0) is 0 Å². The molecule has 0 radical (unpaired) electrons. The molecule has 1 saturated heterocycles. The number of nitrogens with one attached hydrogen (secondary N) is 1. The summed E-state index contributed by atoms with van der Waals surface area (Å²) < 4.78 is 20.2. The molecule has 1 aromatic rings. The van der Waals surface area contributed by atoms with Crippen LogP contribution in [0.1, 0.15) is 45.4 Å². The lowest BCUT2D eigenvalue weighted by atomic mass is 10.1. The van der Waals surface area contributed by atoms with Gasteiger partial charge < -0.3 is 14.8 Å². The molecule has 0 amide bonds. The monoisotopic (exact) mass is 297 g/mol. The van der Waals surface area contributed by atoms with E-state index in [9.17, 15) is 0 Å². The summed E-state index contributed by atoms with van der Waals surface area (Å²) in [7, 11) is 0. The molecule has 112 valence electrons. The maximum Gasteiger partial charge on any atom is 0.291 e. The van der Waals surface area contributed by atoms with Gasteiger partial charge in [-0.05, 0) is 19.3 Å². The Balaban J connectivity index is 1.49. The van der Waals surface area contributed by atoms with E-state index in [1.165, 1.54) is 43.8 Å². The van der Waals surface area contributed by atoms with Crippen molar-refractivity contribution in [3.05, 3.63) is 0 Å². The zero-order valence-electron chi connectivity index (χ0n) is 12.0. The van der Waals surface area contributed by atoms with Crippen molar-refractivity contribution < 1.29 is 9.47 Å². The smallest absolute Gasteiger partial charge is 0.291 e. The maximum absolute atomic E-state index is 6.06. The number of nitrogens with zero attached hydrogens (tertiary/aromatic N) is 2. The summed E-state index contributed by atoms with van der Waals surface area (Å²) in [6.45, 7) is 3.98. The van der Waals surface area contributed by atoms with E-state index in [-0.39, 0.29) is 6.10 Å². The van der Waals surface area contributed by atoms with Crippen molar-refractivity contribution >= 4 is 11.7 Å². The third-order valence-electron chi connectivity index (χ3n) is 4.27. The molecule has 3 unspecified atom stereocenters. The number of aromatic nitrogens is 2. The molecule has 0 spiro atoms. The largest absolute Gasteiger partial charge is 0.473 e. The number of rotatable bonds is 8. The first-order valence-corrected chi connectivity index (χ1v) is 8.47. The number of fused-ring (bicyclic) bond motifs is 2. The summed E-state index contributed by atoms with van der Waals surface area (Å²) in [5, 5.41) is 3.49. The van der Waals surface area contributed by atoms with E-state index in [1.54, 1.807) is 0 Å². The van der Waals surface area contributed by atoms with Crippen molar-refractivity contribution in [2.24, 2.45) is 5.92 Å². The minimum absolute atomic E-state index is 0.251. The van der Waals surface area contributed by atoms with Gasteiger partial charge in [0.25, 0.3) is 11.8 Å². The fourth-order valence-electron chi connectivity index (χ4n) is 3.13. The van der Waals surface area contributed by atoms with E-state index in [4.69, 9.17) is 9.47 Å². The van der Waals surface area contributed by atoms with E-state index < -0.39 is 0 Å². The molecule has 1 aromatic heterocycles. The lowest BCUT2D eigenvalue weighted by molar-refractivity contribution is 0.159. The molecule has 6 heteroatoms. The fraction of sp³-hybridized carbons (Fsp3) is 0.857. The van der Waals surface area contributed by atoms with Crippen LogP contribution in [0.4, 0.5) is 0 Å². The molecule has 2 fully saturated rings. The van der Waals surface area contributed by atoms with Gasteiger partial charge in [-0.15, -0.1) is 8.75 Å². The summed E-state index contributed by atoms with van der Waals surface area (Å²) in [6.07, 6.45) is 7.50.